The van der Waals surface area contributed by atoms with Crippen LogP contribution in [0.5, 0.6) is 0 Å². The second-order valence-corrected chi connectivity index (χ2v) is 12.2. The van der Waals surface area contributed by atoms with E-state index in [9.17, 15) is 9.90 Å². The van der Waals surface area contributed by atoms with Gasteiger partial charge in [0.25, 0.3) is 0 Å². The molecule has 0 saturated carbocycles. The van der Waals surface area contributed by atoms with Crippen molar-refractivity contribution in [3.05, 3.63) is 89.5 Å². The van der Waals surface area contributed by atoms with Gasteiger partial charge >= 0.3 is 5.97 Å². The third-order valence-electron chi connectivity index (χ3n) is 7.23. The van der Waals surface area contributed by atoms with Crippen LogP contribution in [0.3, 0.4) is 0 Å². The molecule has 1 atom stereocenters. The normalized spacial score (nSPS) is 14.6. The molecule has 1 aliphatic rings. The van der Waals surface area contributed by atoms with Gasteiger partial charge in [-0.25, -0.2) is 4.31 Å². The van der Waals surface area contributed by atoms with Gasteiger partial charge < -0.3 is 15.5 Å². The van der Waals surface area contributed by atoms with Gasteiger partial charge in [0.15, 0.2) is 0 Å². The van der Waals surface area contributed by atoms with Gasteiger partial charge in [-0.2, -0.15) is 0 Å². The van der Waals surface area contributed by atoms with Crippen molar-refractivity contribution in [2.45, 2.75) is 63.0 Å². The molecule has 0 saturated heterocycles. The molecule has 0 amide bonds. The van der Waals surface area contributed by atoms with Gasteiger partial charge in [-0.05, 0) is 90.9 Å². The highest BCUT2D eigenvalue weighted by Gasteiger charge is 2.28. The van der Waals surface area contributed by atoms with Crippen LogP contribution in [0.1, 0.15) is 43.9 Å². The Morgan fingerprint density at radius 1 is 1.03 bits per heavy atom. The molecule has 3 N–H and O–H groups in total. The van der Waals surface area contributed by atoms with Gasteiger partial charge in [-0.1, -0.05) is 67.6 Å². The highest BCUT2D eigenvalue weighted by Crippen LogP contribution is 2.32. The predicted molar refractivity (Wildman–Crippen MR) is 156 cm³/mol. The number of benzene rings is 3. The van der Waals surface area contributed by atoms with E-state index in [1.54, 1.807) is 11.9 Å². The van der Waals surface area contributed by atoms with Crippen LogP contribution in [0.15, 0.2) is 77.7 Å². The van der Waals surface area contributed by atoms with Gasteiger partial charge in [0.2, 0.25) is 0 Å². The molecule has 0 fully saturated rings. The number of carboxylic acid groups (broad SMARTS) is 1. The van der Waals surface area contributed by atoms with Crippen LogP contribution in [0, 0.1) is 5.92 Å². The standard InChI is InChI=1S/C32H40N2O3S/c1-4-34(38-30-11-7-10-28(19-30)25-14-12-23(13-15-25)18-31(36)37)22-29(35)21-33-32(2,3)20-24-16-26-8-5-6-9-27(26)17-24/h5-15,19,24,29,33,35H,4,16-18,20-22H2,1-3H3,(H,36,37)/t29-/m1/s1. The van der Waals surface area contributed by atoms with Crippen LogP contribution in [-0.4, -0.2) is 51.8 Å². The number of carbonyl (C=O) groups is 1. The van der Waals surface area contributed by atoms with E-state index < -0.39 is 12.1 Å². The summed E-state index contributed by atoms with van der Waals surface area (Å²) in [5.74, 6) is -0.174. The second kappa shape index (κ2) is 12.9. The van der Waals surface area contributed by atoms with Crippen molar-refractivity contribution in [2.24, 2.45) is 5.92 Å². The van der Waals surface area contributed by atoms with Crippen molar-refractivity contribution in [1.29, 1.82) is 0 Å². The first-order valence-corrected chi connectivity index (χ1v) is 14.3. The van der Waals surface area contributed by atoms with E-state index in [-0.39, 0.29) is 12.0 Å². The number of hydrogen-bond donors (Lipinski definition) is 3. The third-order valence-corrected chi connectivity index (χ3v) is 8.36. The van der Waals surface area contributed by atoms with E-state index in [1.807, 2.05) is 30.3 Å². The first-order chi connectivity index (χ1) is 18.2. The number of nitrogens with one attached hydrogen (secondary N) is 1. The first kappa shape index (κ1) is 28.4. The average Bonchev–Trinajstić information content (AvgIpc) is 3.29. The minimum Gasteiger partial charge on any atom is -0.481 e. The van der Waals surface area contributed by atoms with E-state index in [0.717, 1.165) is 47.4 Å². The minimum absolute atomic E-state index is 0.0326. The van der Waals surface area contributed by atoms with Crippen LogP contribution < -0.4 is 5.32 Å². The Balaban J connectivity index is 1.27. The molecule has 3 aromatic rings. The third kappa shape index (κ3) is 8.18. The lowest BCUT2D eigenvalue weighted by Crippen LogP contribution is -2.46. The summed E-state index contributed by atoms with van der Waals surface area (Å²) in [5, 5.41) is 23.5. The molecule has 0 bridgehead atoms. The highest BCUT2D eigenvalue weighted by atomic mass is 32.2. The number of aliphatic carboxylic acids is 1. The quantitative estimate of drug-likeness (QED) is 0.240. The number of aliphatic hydroxyl groups is 1. The number of carboxylic acids is 1. The van der Waals surface area contributed by atoms with Crippen LogP contribution in [0.4, 0.5) is 0 Å². The fourth-order valence-corrected chi connectivity index (χ4v) is 6.38. The van der Waals surface area contributed by atoms with Gasteiger partial charge in [-0.3, -0.25) is 4.79 Å². The monoisotopic (exact) mass is 532 g/mol. The summed E-state index contributed by atoms with van der Waals surface area (Å²) in [4.78, 5) is 12.1. The molecule has 0 radical (unpaired) electrons. The number of rotatable bonds is 13. The Morgan fingerprint density at radius 3 is 2.34 bits per heavy atom. The Kier molecular flexibility index (Phi) is 9.66. The second-order valence-electron chi connectivity index (χ2n) is 11.0. The maximum atomic E-state index is 10.9. The summed E-state index contributed by atoms with van der Waals surface area (Å²) in [5.41, 5.74) is 5.88. The summed E-state index contributed by atoms with van der Waals surface area (Å²) in [6, 6.07) is 24.8. The molecule has 0 spiro atoms. The molecule has 4 rings (SSSR count). The topological polar surface area (TPSA) is 72.8 Å². The van der Waals surface area contributed by atoms with E-state index >= 15 is 0 Å². The zero-order chi connectivity index (χ0) is 27.1. The molecular weight excluding hydrogens is 492 g/mol. The van der Waals surface area contributed by atoms with E-state index in [1.165, 1.54) is 11.1 Å². The summed E-state index contributed by atoms with van der Waals surface area (Å²) in [7, 11) is 0. The Morgan fingerprint density at radius 2 is 1.71 bits per heavy atom. The van der Waals surface area contributed by atoms with Gasteiger partial charge in [0, 0.05) is 30.1 Å². The summed E-state index contributed by atoms with van der Waals surface area (Å²) in [6.07, 6.45) is 2.95. The number of aliphatic hydroxyl groups excluding tert-OH is 1. The number of hydrogen-bond acceptors (Lipinski definition) is 5. The van der Waals surface area contributed by atoms with Gasteiger partial charge in [-0.15, -0.1) is 0 Å². The zero-order valence-corrected chi connectivity index (χ0v) is 23.5. The lowest BCUT2D eigenvalue weighted by Gasteiger charge is -2.31. The molecule has 1 aliphatic carbocycles. The van der Waals surface area contributed by atoms with Crippen molar-refractivity contribution in [1.82, 2.24) is 9.62 Å². The maximum Gasteiger partial charge on any atom is 0.307 e. The van der Waals surface area contributed by atoms with Crippen molar-refractivity contribution in [3.8, 4) is 11.1 Å². The Bertz CT molecular complexity index is 1190. The fraction of sp³-hybridized carbons (Fsp3) is 0.406. The highest BCUT2D eigenvalue weighted by molar-refractivity contribution is 7.97. The molecule has 0 aliphatic heterocycles. The zero-order valence-electron chi connectivity index (χ0n) is 22.7. The van der Waals surface area contributed by atoms with Crippen LogP contribution >= 0.6 is 11.9 Å². The van der Waals surface area contributed by atoms with Crippen LogP contribution in [0.2, 0.25) is 0 Å². The van der Waals surface area contributed by atoms with Crippen molar-refractivity contribution in [3.63, 3.8) is 0 Å². The Hall–Kier alpha value is -2.64. The molecule has 0 unspecified atom stereocenters. The number of fused-ring (bicyclic) bond motifs is 1. The SMILES string of the molecule is CCN(C[C@H](O)CNC(C)(C)CC1Cc2ccccc2C1)Sc1cccc(-c2ccc(CC(=O)O)cc2)c1. The van der Waals surface area contributed by atoms with Gasteiger partial charge in [0.05, 0.1) is 12.5 Å². The fourth-order valence-electron chi connectivity index (χ4n) is 5.38. The molecule has 6 heteroatoms. The van der Waals surface area contributed by atoms with E-state index in [2.05, 4.69) is 72.9 Å². The van der Waals surface area contributed by atoms with Crippen molar-refractivity contribution < 1.29 is 15.0 Å². The number of nitrogens with zero attached hydrogens (tertiary/aromatic N) is 1. The van der Waals surface area contributed by atoms with Crippen LogP contribution in [-0.2, 0) is 24.1 Å². The minimum atomic E-state index is -0.823. The summed E-state index contributed by atoms with van der Waals surface area (Å²) in [6.45, 7) is 8.56. The largest absolute Gasteiger partial charge is 0.481 e. The Labute approximate surface area is 231 Å². The lowest BCUT2D eigenvalue weighted by atomic mass is 9.88. The molecule has 5 nitrogen and oxygen atoms in total. The molecular formula is C32H40N2O3S. The predicted octanol–water partition coefficient (Wildman–Crippen LogP) is 5.84. The molecule has 38 heavy (non-hydrogen) atoms. The summed E-state index contributed by atoms with van der Waals surface area (Å²) < 4.78 is 2.20. The van der Waals surface area contributed by atoms with Crippen molar-refractivity contribution >= 4 is 17.9 Å². The number of likely N-dealkylation sites (N-methyl/N-ethyl adjacent to an activating group) is 1. The average molecular weight is 533 g/mol. The van der Waals surface area contributed by atoms with Crippen molar-refractivity contribution in [2.75, 3.05) is 19.6 Å². The molecule has 0 heterocycles. The first-order valence-electron chi connectivity index (χ1n) is 13.5. The molecule has 0 aromatic heterocycles. The van der Waals surface area contributed by atoms with Crippen LogP contribution in [0.25, 0.3) is 11.1 Å². The smallest absolute Gasteiger partial charge is 0.307 e. The van der Waals surface area contributed by atoms with E-state index in [0.29, 0.717) is 19.0 Å². The van der Waals surface area contributed by atoms with E-state index in [4.69, 9.17) is 5.11 Å². The maximum absolute atomic E-state index is 10.9. The van der Waals surface area contributed by atoms with Gasteiger partial charge in [0.1, 0.15) is 0 Å². The number of β-amino-alcohol motifs (C(OH)–C–C–N with tert-alkyl or cyclic N) is 1. The lowest BCUT2D eigenvalue weighted by molar-refractivity contribution is -0.136. The summed E-state index contributed by atoms with van der Waals surface area (Å²) >= 11 is 1.66. The molecule has 202 valence electrons. The molecule has 3 aromatic carbocycles.